The van der Waals surface area contributed by atoms with E-state index in [-0.39, 0.29) is 0 Å². The number of imidazole rings is 1. The zero-order valence-corrected chi connectivity index (χ0v) is 15.7. The average molecular weight is 383 g/mol. The number of aromatic amines is 1. The third kappa shape index (κ3) is 3.46. The summed E-state index contributed by atoms with van der Waals surface area (Å²) in [7, 11) is 0. The van der Waals surface area contributed by atoms with Gasteiger partial charge >= 0.3 is 0 Å². The fourth-order valence-electron chi connectivity index (χ4n) is 3.96. The molecule has 0 radical (unpaired) electrons. The number of halogens is 2. The molecule has 3 heterocycles. The first-order valence-electron chi connectivity index (χ1n) is 9.95. The Labute approximate surface area is 162 Å². The highest BCUT2D eigenvalue weighted by Crippen LogP contribution is 2.31. The van der Waals surface area contributed by atoms with E-state index in [9.17, 15) is 8.78 Å². The average Bonchev–Trinajstić information content (AvgIpc) is 3.45. The van der Waals surface area contributed by atoms with Gasteiger partial charge in [-0.1, -0.05) is 0 Å². The minimum Gasteiger partial charge on any atom is -0.353 e. The molecule has 1 aromatic carbocycles. The molecule has 5 nitrogen and oxygen atoms in total. The van der Waals surface area contributed by atoms with Crippen LogP contribution in [0.5, 0.6) is 0 Å². The summed E-state index contributed by atoms with van der Waals surface area (Å²) in [5.74, 6) is 0.546. The highest BCUT2D eigenvalue weighted by Gasteiger charge is 2.26. The SMILES string of the molecule is Fc1ccc(-c2nc3c(N4CCCN(CC5CC5)CC4)nccc3[nH]2)cc1F. The summed E-state index contributed by atoms with van der Waals surface area (Å²) in [6.45, 7) is 5.25. The summed E-state index contributed by atoms with van der Waals surface area (Å²) in [5, 5.41) is 0. The molecule has 146 valence electrons. The molecule has 1 N–H and O–H groups in total. The van der Waals surface area contributed by atoms with Crippen molar-refractivity contribution in [2.45, 2.75) is 19.3 Å². The molecule has 28 heavy (non-hydrogen) atoms. The molecule has 1 saturated heterocycles. The number of aromatic nitrogens is 3. The van der Waals surface area contributed by atoms with Crippen LogP contribution in [-0.2, 0) is 0 Å². The standard InChI is InChI=1S/C21H23F2N5/c22-16-5-4-15(12-17(16)23)20-25-18-6-7-24-21(19(18)26-20)28-9-1-8-27(10-11-28)13-14-2-3-14/h4-7,12,14H,1-3,8-11,13H2,(H,25,26). The lowest BCUT2D eigenvalue weighted by Gasteiger charge is -2.22. The van der Waals surface area contributed by atoms with Gasteiger partial charge in [-0.25, -0.2) is 18.7 Å². The van der Waals surface area contributed by atoms with Gasteiger partial charge in [0.25, 0.3) is 0 Å². The molecule has 0 unspecified atom stereocenters. The van der Waals surface area contributed by atoms with Crippen molar-refractivity contribution in [2.24, 2.45) is 5.92 Å². The van der Waals surface area contributed by atoms with E-state index >= 15 is 0 Å². The van der Waals surface area contributed by atoms with Gasteiger partial charge in [-0.15, -0.1) is 0 Å². The Kier molecular flexibility index (Phi) is 4.47. The van der Waals surface area contributed by atoms with Crippen molar-refractivity contribution in [3.8, 4) is 11.4 Å². The van der Waals surface area contributed by atoms with Crippen LogP contribution in [0.15, 0.2) is 30.5 Å². The van der Waals surface area contributed by atoms with E-state index in [1.54, 1.807) is 6.20 Å². The topological polar surface area (TPSA) is 48.1 Å². The maximum Gasteiger partial charge on any atom is 0.159 e. The van der Waals surface area contributed by atoms with Crippen molar-refractivity contribution in [2.75, 3.05) is 37.6 Å². The number of benzene rings is 1. The van der Waals surface area contributed by atoms with E-state index in [1.165, 1.54) is 31.5 Å². The van der Waals surface area contributed by atoms with Crippen LogP contribution in [0, 0.1) is 17.6 Å². The number of hydrogen-bond donors (Lipinski definition) is 1. The van der Waals surface area contributed by atoms with E-state index in [1.807, 2.05) is 6.07 Å². The first-order chi connectivity index (χ1) is 13.7. The number of H-pyrrole nitrogens is 1. The Morgan fingerprint density at radius 3 is 2.75 bits per heavy atom. The van der Waals surface area contributed by atoms with E-state index in [0.717, 1.165) is 61.4 Å². The molecular weight excluding hydrogens is 360 g/mol. The van der Waals surface area contributed by atoms with Crippen LogP contribution in [0.25, 0.3) is 22.4 Å². The lowest BCUT2D eigenvalue weighted by Crippen LogP contribution is -2.32. The second kappa shape index (κ2) is 7.13. The fourth-order valence-corrected chi connectivity index (χ4v) is 3.96. The van der Waals surface area contributed by atoms with Crippen molar-refractivity contribution < 1.29 is 8.78 Å². The molecule has 1 saturated carbocycles. The first kappa shape index (κ1) is 17.6. The highest BCUT2D eigenvalue weighted by atomic mass is 19.2. The number of rotatable bonds is 4. The van der Waals surface area contributed by atoms with Crippen LogP contribution in [0.4, 0.5) is 14.6 Å². The zero-order valence-electron chi connectivity index (χ0n) is 15.7. The zero-order chi connectivity index (χ0) is 19.1. The maximum absolute atomic E-state index is 13.6. The third-order valence-corrected chi connectivity index (χ3v) is 5.68. The third-order valence-electron chi connectivity index (χ3n) is 5.68. The number of hydrogen-bond acceptors (Lipinski definition) is 4. The quantitative estimate of drug-likeness (QED) is 0.744. The molecule has 7 heteroatoms. The number of nitrogens with zero attached hydrogens (tertiary/aromatic N) is 4. The Bertz CT molecular complexity index is 998. The van der Waals surface area contributed by atoms with Crippen molar-refractivity contribution in [1.82, 2.24) is 19.9 Å². The molecule has 2 fully saturated rings. The largest absolute Gasteiger partial charge is 0.353 e. The molecule has 1 aliphatic carbocycles. The van der Waals surface area contributed by atoms with E-state index in [2.05, 4.69) is 24.8 Å². The van der Waals surface area contributed by atoms with Gasteiger partial charge in [0.2, 0.25) is 0 Å². The Hall–Kier alpha value is -2.54. The van der Waals surface area contributed by atoms with Crippen LogP contribution in [0.1, 0.15) is 19.3 Å². The van der Waals surface area contributed by atoms with E-state index < -0.39 is 11.6 Å². The Balaban J connectivity index is 1.43. The number of pyridine rings is 1. The number of nitrogens with one attached hydrogen (secondary N) is 1. The van der Waals surface area contributed by atoms with Crippen molar-refractivity contribution >= 4 is 16.9 Å². The fraction of sp³-hybridized carbons (Fsp3) is 0.429. The molecule has 1 aliphatic heterocycles. The first-order valence-corrected chi connectivity index (χ1v) is 9.95. The second-order valence-electron chi connectivity index (χ2n) is 7.83. The van der Waals surface area contributed by atoms with Crippen LogP contribution < -0.4 is 4.90 Å². The molecule has 0 bridgehead atoms. The van der Waals surface area contributed by atoms with Gasteiger partial charge in [-0.3, -0.25) is 0 Å². The van der Waals surface area contributed by atoms with E-state index in [4.69, 9.17) is 0 Å². The summed E-state index contributed by atoms with van der Waals surface area (Å²) in [6, 6.07) is 5.69. The van der Waals surface area contributed by atoms with Gasteiger partial charge in [-0.2, -0.15) is 0 Å². The van der Waals surface area contributed by atoms with Crippen molar-refractivity contribution in [1.29, 1.82) is 0 Å². The number of fused-ring (bicyclic) bond motifs is 1. The molecule has 2 aliphatic rings. The molecule has 0 atom stereocenters. The maximum atomic E-state index is 13.6. The predicted molar refractivity (Wildman–Crippen MR) is 105 cm³/mol. The van der Waals surface area contributed by atoms with Gasteiger partial charge in [-0.05, 0) is 56.0 Å². The molecule has 2 aromatic heterocycles. The second-order valence-corrected chi connectivity index (χ2v) is 7.83. The van der Waals surface area contributed by atoms with Gasteiger partial charge in [0.1, 0.15) is 11.3 Å². The number of anilines is 1. The van der Waals surface area contributed by atoms with E-state index in [0.29, 0.717) is 11.4 Å². The van der Waals surface area contributed by atoms with Crippen LogP contribution in [0.2, 0.25) is 0 Å². The summed E-state index contributed by atoms with van der Waals surface area (Å²) in [5.41, 5.74) is 2.15. The minimum absolute atomic E-state index is 0.521. The summed E-state index contributed by atoms with van der Waals surface area (Å²) >= 11 is 0. The Morgan fingerprint density at radius 1 is 1.04 bits per heavy atom. The van der Waals surface area contributed by atoms with Crippen LogP contribution in [0.3, 0.4) is 0 Å². The van der Waals surface area contributed by atoms with Crippen LogP contribution in [-0.4, -0.2) is 52.6 Å². The molecular formula is C21H23F2N5. The van der Waals surface area contributed by atoms with Crippen molar-refractivity contribution in [3.05, 3.63) is 42.1 Å². The monoisotopic (exact) mass is 383 g/mol. The molecule has 5 rings (SSSR count). The summed E-state index contributed by atoms with van der Waals surface area (Å²) in [6.07, 6.45) is 5.63. The van der Waals surface area contributed by atoms with Gasteiger partial charge in [0, 0.05) is 37.9 Å². The minimum atomic E-state index is -0.875. The van der Waals surface area contributed by atoms with Gasteiger partial charge in [0.15, 0.2) is 17.5 Å². The predicted octanol–water partition coefficient (Wildman–Crippen LogP) is 3.83. The smallest absolute Gasteiger partial charge is 0.159 e. The summed E-state index contributed by atoms with van der Waals surface area (Å²) < 4.78 is 26.9. The summed E-state index contributed by atoms with van der Waals surface area (Å²) in [4.78, 5) is 17.4. The molecule has 3 aromatic rings. The normalized spacial score (nSPS) is 18.6. The highest BCUT2D eigenvalue weighted by molar-refractivity contribution is 5.88. The molecule has 0 amide bonds. The Morgan fingerprint density at radius 2 is 1.93 bits per heavy atom. The lowest BCUT2D eigenvalue weighted by atomic mass is 10.2. The van der Waals surface area contributed by atoms with Gasteiger partial charge in [0.05, 0.1) is 5.52 Å². The van der Waals surface area contributed by atoms with Gasteiger partial charge < -0.3 is 14.8 Å². The lowest BCUT2D eigenvalue weighted by molar-refractivity contribution is 0.282. The molecule has 0 spiro atoms. The van der Waals surface area contributed by atoms with Crippen LogP contribution >= 0.6 is 0 Å². The van der Waals surface area contributed by atoms with Crippen molar-refractivity contribution in [3.63, 3.8) is 0 Å².